The molecule has 0 spiro atoms. The van der Waals surface area contributed by atoms with Gasteiger partial charge in [-0.3, -0.25) is 0 Å². The third kappa shape index (κ3) is 4.68. The standard InChI is InChI=1S/C19H26N4/c1-15(16-9-5-4-6-10-16)22-18-13-19(21-14-20-18)23-17-11-7-2-3-8-12-17/h4-6,9-10,13-15,17H,2-3,7-8,11-12H2,1H3,(H2,20,21,22,23). The Morgan fingerprint density at radius 1 is 0.957 bits per heavy atom. The minimum atomic E-state index is 0.219. The summed E-state index contributed by atoms with van der Waals surface area (Å²) in [6, 6.07) is 13.2. The highest BCUT2D eigenvalue weighted by Gasteiger charge is 2.13. The summed E-state index contributed by atoms with van der Waals surface area (Å²) in [6.45, 7) is 2.15. The Morgan fingerprint density at radius 3 is 2.39 bits per heavy atom. The smallest absolute Gasteiger partial charge is 0.131 e. The molecule has 1 aromatic carbocycles. The van der Waals surface area contributed by atoms with Crippen LogP contribution in [0.3, 0.4) is 0 Å². The van der Waals surface area contributed by atoms with Gasteiger partial charge in [-0.2, -0.15) is 0 Å². The van der Waals surface area contributed by atoms with Crippen molar-refractivity contribution in [2.45, 2.75) is 57.5 Å². The number of rotatable bonds is 5. The molecule has 1 fully saturated rings. The van der Waals surface area contributed by atoms with E-state index in [4.69, 9.17) is 0 Å². The lowest BCUT2D eigenvalue weighted by atomic mass is 10.1. The van der Waals surface area contributed by atoms with E-state index in [0.29, 0.717) is 6.04 Å². The summed E-state index contributed by atoms with van der Waals surface area (Å²) in [4.78, 5) is 8.74. The minimum absolute atomic E-state index is 0.219. The number of benzene rings is 1. The number of aromatic nitrogens is 2. The van der Waals surface area contributed by atoms with E-state index in [2.05, 4.69) is 51.8 Å². The molecule has 0 radical (unpaired) electrons. The first-order valence-electron chi connectivity index (χ1n) is 8.71. The van der Waals surface area contributed by atoms with Crippen molar-refractivity contribution in [3.8, 4) is 0 Å². The highest BCUT2D eigenvalue weighted by Crippen LogP contribution is 2.22. The molecule has 1 aromatic heterocycles. The molecule has 0 aliphatic heterocycles. The van der Waals surface area contributed by atoms with E-state index in [-0.39, 0.29) is 6.04 Å². The zero-order valence-electron chi connectivity index (χ0n) is 13.8. The number of hydrogen-bond acceptors (Lipinski definition) is 4. The van der Waals surface area contributed by atoms with Gasteiger partial charge in [-0.05, 0) is 25.3 Å². The fourth-order valence-electron chi connectivity index (χ4n) is 3.19. The molecule has 4 nitrogen and oxygen atoms in total. The van der Waals surface area contributed by atoms with Crippen LogP contribution >= 0.6 is 0 Å². The second kappa shape index (κ2) is 7.95. The number of anilines is 2. The summed E-state index contributed by atoms with van der Waals surface area (Å²) in [5.74, 6) is 1.79. The Hall–Kier alpha value is -2.10. The van der Waals surface area contributed by atoms with Crippen molar-refractivity contribution in [3.05, 3.63) is 48.3 Å². The van der Waals surface area contributed by atoms with E-state index >= 15 is 0 Å². The first kappa shape index (κ1) is 15.8. The van der Waals surface area contributed by atoms with Gasteiger partial charge in [-0.25, -0.2) is 9.97 Å². The van der Waals surface area contributed by atoms with Crippen LogP contribution in [0.1, 0.15) is 57.1 Å². The van der Waals surface area contributed by atoms with E-state index in [1.54, 1.807) is 6.33 Å². The topological polar surface area (TPSA) is 49.8 Å². The second-order valence-corrected chi connectivity index (χ2v) is 6.40. The van der Waals surface area contributed by atoms with Crippen molar-refractivity contribution in [1.29, 1.82) is 0 Å². The van der Waals surface area contributed by atoms with E-state index in [1.165, 1.54) is 44.1 Å². The maximum Gasteiger partial charge on any atom is 0.131 e. The maximum atomic E-state index is 4.38. The van der Waals surface area contributed by atoms with Crippen molar-refractivity contribution >= 4 is 11.6 Å². The monoisotopic (exact) mass is 310 g/mol. The van der Waals surface area contributed by atoms with Gasteiger partial charge in [-0.1, -0.05) is 56.0 Å². The van der Waals surface area contributed by atoms with Crippen LogP contribution in [0.4, 0.5) is 11.6 Å². The predicted molar refractivity (Wildman–Crippen MR) is 95.6 cm³/mol. The molecule has 0 amide bonds. The molecule has 1 aliphatic rings. The summed E-state index contributed by atoms with van der Waals surface area (Å²) in [5, 5.41) is 7.04. The molecule has 1 unspecified atom stereocenters. The van der Waals surface area contributed by atoms with Gasteiger partial charge >= 0.3 is 0 Å². The molecular weight excluding hydrogens is 284 g/mol. The van der Waals surface area contributed by atoms with Crippen molar-refractivity contribution < 1.29 is 0 Å². The Labute approximate surface area is 138 Å². The predicted octanol–water partition coefficient (Wildman–Crippen LogP) is 4.78. The first-order chi connectivity index (χ1) is 11.3. The summed E-state index contributed by atoms with van der Waals surface area (Å²) in [5.41, 5.74) is 1.25. The normalized spacial score (nSPS) is 17.3. The van der Waals surface area contributed by atoms with Crippen LogP contribution in [0.15, 0.2) is 42.7 Å². The number of hydrogen-bond donors (Lipinski definition) is 2. The van der Waals surface area contributed by atoms with Crippen LogP contribution in [0.5, 0.6) is 0 Å². The van der Waals surface area contributed by atoms with Crippen LogP contribution in [-0.4, -0.2) is 16.0 Å². The SMILES string of the molecule is CC(Nc1cc(NC2CCCCCC2)ncn1)c1ccccc1. The van der Waals surface area contributed by atoms with Gasteiger partial charge in [0.15, 0.2) is 0 Å². The second-order valence-electron chi connectivity index (χ2n) is 6.40. The molecule has 122 valence electrons. The molecule has 1 heterocycles. The van der Waals surface area contributed by atoms with Gasteiger partial charge in [-0.15, -0.1) is 0 Å². The minimum Gasteiger partial charge on any atom is -0.367 e. The molecule has 1 atom stereocenters. The molecule has 3 rings (SSSR count). The molecule has 2 aromatic rings. The third-order valence-corrected chi connectivity index (χ3v) is 4.54. The highest BCUT2D eigenvalue weighted by molar-refractivity contribution is 5.48. The molecule has 4 heteroatoms. The van der Waals surface area contributed by atoms with Gasteiger partial charge in [0, 0.05) is 18.2 Å². The third-order valence-electron chi connectivity index (χ3n) is 4.54. The van der Waals surface area contributed by atoms with Crippen LogP contribution in [-0.2, 0) is 0 Å². The Morgan fingerprint density at radius 2 is 1.65 bits per heavy atom. The van der Waals surface area contributed by atoms with E-state index in [9.17, 15) is 0 Å². The van der Waals surface area contributed by atoms with Gasteiger partial charge in [0.25, 0.3) is 0 Å². The lowest BCUT2D eigenvalue weighted by Gasteiger charge is -2.18. The lowest BCUT2D eigenvalue weighted by Crippen LogP contribution is -2.19. The van der Waals surface area contributed by atoms with E-state index in [1.807, 2.05) is 12.1 Å². The quantitative estimate of drug-likeness (QED) is 0.780. The molecule has 0 saturated heterocycles. The van der Waals surface area contributed by atoms with Crippen LogP contribution in [0, 0.1) is 0 Å². The summed E-state index contributed by atoms with van der Waals surface area (Å²) in [6.07, 6.45) is 9.49. The molecule has 0 bridgehead atoms. The first-order valence-corrected chi connectivity index (χ1v) is 8.71. The van der Waals surface area contributed by atoms with Crippen molar-refractivity contribution in [2.75, 3.05) is 10.6 Å². The van der Waals surface area contributed by atoms with Gasteiger partial charge in [0.1, 0.15) is 18.0 Å². The largest absolute Gasteiger partial charge is 0.367 e. The zero-order valence-corrected chi connectivity index (χ0v) is 13.8. The van der Waals surface area contributed by atoms with Gasteiger partial charge < -0.3 is 10.6 Å². The Kier molecular flexibility index (Phi) is 5.46. The van der Waals surface area contributed by atoms with Crippen molar-refractivity contribution in [3.63, 3.8) is 0 Å². The summed E-state index contributed by atoms with van der Waals surface area (Å²) in [7, 11) is 0. The molecular formula is C19H26N4. The van der Waals surface area contributed by atoms with Crippen molar-refractivity contribution in [2.24, 2.45) is 0 Å². The van der Waals surface area contributed by atoms with E-state index in [0.717, 1.165) is 11.6 Å². The summed E-state index contributed by atoms with van der Waals surface area (Å²) >= 11 is 0. The average molecular weight is 310 g/mol. The lowest BCUT2D eigenvalue weighted by molar-refractivity contribution is 0.617. The maximum absolute atomic E-state index is 4.38. The van der Waals surface area contributed by atoms with Gasteiger partial charge in [0.05, 0.1) is 0 Å². The van der Waals surface area contributed by atoms with Gasteiger partial charge in [0.2, 0.25) is 0 Å². The van der Waals surface area contributed by atoms with Crippen LogP contribution in [0.2, 0.25) is 0 Å². The number of nitrogens with one attached hydrogen (secondary N) is 2. The summed E-state index contributed by atoms with van der Waals surface area (Å²) < 4.78 is 0. The fourth-order valence-corrected chi connectivity index (χ4v) is 3.19. The van der Waals surface area contributed by atoms with Crippen LogP contribution in [0.25, 0.3) is 0 Å². The molecule has 1 aliphatic carbocycles. The molecule has 23 heavy (non-hydrogen) atoms. The Bertz CT molecular complexity index is 591. The zero-order chi connectivity index (χ0) is 15.9. The van der Waals surface area contributed by atoms with Crippen LogP contribution < -0.4 is 10.6 Å². The average Bonchev–Trinajstić information content (AvgIpc) is 2.85. The highest BCUT2D eigenvalue weighted by atomic mass is 15.1. The number of nitrogens with zero attached hydrogens (tertiary/aromatic N) is 2. The Balaban J connectivity index is 1.62. The van der Waals surface area contributed by atoms with E-state index < -0.39 is 0 Å². The van der Waals surface area contributed by atoms with Crippen molar-refractivity contribution in [1.82, 2.24) is 9.97 Å². The molecule has 1 saturated carbocycles. The fraction of sp³-hybridized carbons (Fsp3) is 0.474. The molecule has 2 N–H and O–H groups in total.